The van der Waals surface area contributed by atoms with E-state index >= 15 is 0 Å². The third kappa shape index (κ3) is 2.38. The Kier molecular flexibility index (Phi) is 3.29. The van der Waals surface area contributed by atoms with Crippen LogP contribution in [0.25, 0.3) is 5.69 Å². The molecule has 1 N–H and O–H groups in total. The van der Waals surface area contributed by atoms with Crippen molar-refractivity contribution >= 4 is 5.97 Å². The molecule has 2 rings (SSSR count). The molecule has 1 heterocycles. The van der Waals surface area contributed by atoms with Crippen molar-refractivity contribution in [3.8, 4) is 5.69 Å². The molecule has 0 atom stereocenters. The number of carboxylic acids is 1. The van der Waals surface area contributed by atoms with Gasteiger partial charge in [0.05, 0.1) is 28.8 Å². The van der Waals surface area contributed by atoms with Gasteiger partial charge in [-0.15, -0.1) is 0 Å². The van der Waals surface area contributed by atoms with Crippen molar-refractivity contribution in [1.29, 1.82) is 0 Å². The van der Waals surface area contributed by atoms with Gasteiger partial charge in [0.15, 0.2) is 0 Å². The van der Waals surface area contributed by atoms with Crippen LogP contribution in [0.3, 0.4) is 0 Å². The number of alkyl halides is 3. The smallest absolute Gasteiger partial charge is 0.418 e. The van der Waals surface area contributed by atoms with Gasteiger partial charge < -0.3 is 9.67 Å². The number of aromatic nitrogens is 2. The van der Waals surface area contributed by atoms with Crippen LogP contribution in [0, 0.1) is 13.8 Å². The summed E-state index contributed by atoms with van der Waals surface area (Å²) >= 11 is 0. The molecule has 1 aromatic heterocycles. The van der Waals surface area contributed by atoms with Crippen molar-refractivity contribution in [2.24, 2.45) is 0 Å². The minimum Gasteiger partial charge on any atom is -0.478 e. The molecule has 106 valence electrons. The van der Waals surface area contributed by atoms with Crippen molar-refractivity contribution in [3.63, 3.8) is 0 Å². The first kappa shape index (κ1) is 14.1. The Morgan fingerprint density at radius 1 is 1.30 bits per heavy atom. The Hall–Kier alpha value is -2.31. The summed E-state index contributed by atoms with van der Waals surface area (Å²) in [6.45, 7) is 3.33. The lowest BCUT2D eigenvalue weighted by Crippen LogP contribution is -2.13. The Balaban J connectivity index is 2.70. The fraction of sp³-hybridized carbons (Fsp3) is 0.231. The van der Waals surface area contributed by atoms with E-state index in [2.05, 4.69) is 4.98 Å². The van der Waals surface area contributed by atoms with E-state index in [4.69, 9.17) is 5.11 Å². The summed E-state index contributed by atoms with van der Waals surface area (Å²) < 4.78 is 40.6. The Bertz CT molecular complexity index is 675. The molecule has 0 aliphatic rings. The van der Waals surface area contributed by atoms with Crippen LogP contribution in [-0.2, 0) is 6.18 Å². The lowest BCUT2D eigenvalue weighted by molar-refractivity contribution is -0.137. The predicted octanol–water partition coefficient (Wildman–Crippen LogP) is 3.21. The van der Waals surface area contributed by atoms with Gasteiger partial charge in [-0.05, 0) is 32.0 Å². The van der Waals surface area contributed by atoms with Crippen LogP contribution in [0.5, 0.6) is 0 Å². The second-order valence-corrected chi connectivity index (χ2v) is 4.32. The summed E-state index contributed by atoms with van der Waals surface area (Å²) in [6.07, 6.45) is -3.36. The number of rotatable bonds is 2. The molecule has 0 unspecified atom stereocenters. The molecule has 0 fully saturated rings. The van der Waals surface area contributed by atoms with E-state index in [9.17, 15) is 18.0 Å². The monoisotopic (exact) mass is 284 g/mol. The summed E-state index contributed by atoms with van der Waals surface area (Å²) in [5, 5.41) is 8.81. The van der Waals surface area contributed by atoms with Gasteiger partial charge in [0.2, 0.25) is 0 Å². The number of carbonyl (C=O) groups is 1. The normalized spacial score (nSPS) is 11.7. The van der Waals surface area contributed by atoms with Gasteiger partial charge in [-0.3, -0.25) is 0 Å². The van der Waals surface area contributed by atoms with Crippen molar-refractivity contribution in [1.82, 2.24) is 9.55 Å². The maximum atomic E-state index is 13.1. The highest BCUT2D eigenvalue weighted by Crippen LogP contribution is 2.35. The summed E-state index contributed by atoms with van der Waals surface area (Å²) in [5.41, 5.74) is -0.368. The van der Waals surface area contributed by atoms with E-state index in [0.29, 0.717) is 17.5 Å². The maximum Gasteiger partial charge on any atom is 0.418 e. The number of halogens is 3. The van der Waals surface area contributed by atoms with Crippen LogP contribution in [0.4, 0.5) is 13.2 Å². The first-order chi connectivity index (χ1) is 9.21. The van der Waals surface area contributed by atoms with Crippen molar-refractivity contribution in [2.75, 3.05) is 0 Å². The Labute approximate surface area is 112 Å². The molecule has 7 heteroatoms. The number of carboxylic acid groups (broad SMARTS) is 1. The van der Waals surface area contributed by atoms with E-state index in [0.717, 1.165) is 12.1 Å². The van der Waals surface area contributed by atoms with Gasteiger partial charge >= 0.3 is 12.1 Å². The van der Waals surface area contributed by atoms with Gasteiger partial charge in [0, 0.05) is 5.69 Å². The van der Waals surface area contributed by atoms with E-state index < -0.39 is 23.3 Å². The largest absolute Gasteiger partial charge is 0.478 e. The molecule has 20 heavy (non-hydrogen) atoms. The molecule has 0 aliphatic carbocycles. The zero-order valence-electron chi connectivity index (χ0n) is 10.7. The first-order valence-electron chi connectivity index (χ1n) is 5.67. The number of nitrogens with zero attached hydrogens (tertiary/aromatic N) is 2. The van der Waals surface area contributed by atoms with Gasteiger partial charge in [0.1, 0.15) is 0 Å². The minimum atomic E-state index is -4.65. The maximum absolute atomic E-state index is 13.1. The van der Waals surface area contributed by atoms with Crippen LogP contribution in [-0.4, -0.2) is 20.6 Å². The van der Waals surface area contributed by atoms with E-state index in [1.54, 1.807) is 13.8 Å². The highest BCUT2D eigenvalue weighted by molar-refractivity contribution is 5.88. The van der Waals surface area contributed by atoms with Gasteiger partial charge in [0.25, 0.3) is 0 Å². The highest BCUT2D eigenvalue weighted by Gasteiger charge is 2.35. The van der Waals surface area contributed by atoms with Crippen LogP contribution in [0.1, 0.15) is 27.3 Å². The number of hydrogen-bond donors (Lipinski definition) is 1. The quantitative estimate of drug-likeness (QED) is 0.921. The Morgan fingerprint density at radius 3 is 2.40 bits per heavy atom. The number of hydrogen-bond acceptors (Lipinski definition) is 2. The summed E-state index contributed by atoms with van der Waals surface area (Å²) in [5.74, 6) is -1.40. The van der Waals surface area contributed by atoms with Crippen molar-refractivity contribution < 1.29 is 23.1 Å². The van der Waals surface area contributed by atoms with Crippen LogP contribution in [0.15, 0.2) is 24.5 Å². The van der Waals surface area contributed by atoms with Crippen LogP contribution >= 0.6 is 0 Å². The lowest BCUT2D eigenvalue weighted by Gasteiger charge is -2.15. The molecule has 1 aromatic carbocycles. The first-order valence-corrected chi connectivity index (χ1v) is 5.67. The molecule has 0 spiro atoms. The second-order valence-electron chi connectivity index (χ2n) is 4.32. The van der Waals surface area contributed by atoms with Gasteiger partial charge in [-0.2, -0.15) is 13.2 Å². The predicted molar refractivity (Wildman–Crippen MR) is 65.0 cm³/mol. The Morgan fingerprint density at radius 2 is 1.95 bits per heavy atom. The number of aromatic carboxylic acids is 1. The standard InChI is InChI=1S/C13H11F3N2O2/c1-7-8(2)18(6-17-7)11-4-3-9(12(19)20)5-10(11)13(14,15)16/h3-6H,1-2H3,(H,19,20). The summed E-state index contributed by atoms with van der Waals surface area (Å²) in [6, 6.07) is 2.91. The molecule has 0 radical (unpaired) electrons. The SMILES string of the molecule is Cc1ncn(-c2ccc(C(=O)O)cc2C(F)(F)F)c1C. The summed E-state index contributed by atoms with van der Waals surface area (Å²) in [4.78, 5) is 14.8. The minimum absolute atomic E-state index is 0.138. The van der Waals surface area contributed by atoms with Crippen molar-refractivity contribution in [3.05, 3.63) is 47.0 Å². The molecular formula is C13H11F3N2O2. The molecular weight excluding hydrogens is 273 g/mol. The molecule has 0 amide bonds. The third-order valence-electron chi connectivity index (χ3n) is 3.06. The fourth-order valence-electron chi connectivity index (χ4n) is 1.85. The van der Waals surface area contributed by atoms with E-state index in [-0.39, 0.29) is 5.69 Å². The van der Waals surface area contributed by atoms with Gasteiger partial charge in [-0.1, -0.05) is 0 Å². The molecule has 0 aliphatic heterocycles. The number of imidazole rings is 1. The zero-order valence-corrected chi connectivity index (χ0v) is 10.7. The van der Waals surface area contributed by atoms with E-state index in [1.807, 2.05) is 0 Å². The average Bonchev–Trinajstić information content (AvgIpc) is 2.68. The second kappa shape index (κ2) is 4.66. The molecule has 0 saturated carbocycles. The number of aryl methyl sites for hydroxylation is 1. The average molecular weight is 284 g/mol. The topological polar surface area (TPSA) is 55.1 Å². The van der Waals surface area contributed by atoms with Crippen LogP contribution in [0.2, 0.25) is 0 Å². The molecule has 4 nitrogen and oxygen atoms in total. The highest BCUT2D eigenvalue weighted by atomic mass is 19.4. The lowest BCUT2D eigenvalue weighted by atomic mass is 10.1. The zero-order chi connectivity index (χ0) is 15.1. The fourth-order valence-corrected chi connectivity index (χ4v) is 1.85. The van der Waals surface area contributed by atoms with E-state index in [1.165, 1.54) is 10.9 Å². The van der Waals surface area contributed by atoms with Crippen molar-refractivity contribution in [2.45, 2.75) is 20.0 Å². The molecule has 0 bridgehead atoms. The number of benzene rings is 1. The third-order valence-corrected chi connectivity index (χ3v) is 3.06. The van der Waals surface area contributed by atoms with Crippen LogP contribution < -0.4 is 0 Å². The molecule has 2 aromatic rings. The van der Waals surface area contributed by atoms with Gasteiger partial charge in [-0.25, -0.2) is 9.78 Å². The molecule has 0 saturated heterocycles. The summed E-state index contributed by atoms with van der Waals surface area (Å²) in [7, 11) is 0.